The van der Waals surface area contributed by atoms with Crippen LogP contribution in [0, 0.1) is 0 Å². The number of pyridine rings is 1. The molecule has 98 valence electrons. The molecule has 0 amide bonds. The van der Waals surface area contributed by atoms with Gasteiger partial charge >= 0.3 is 0 Å². The first-order valence-corrected chi connectivity index (χ1v) is 6.79. The number of likely N-dealkylation sites (N-methyl/N-ethyl adjacent to an activating group) is 1. The van der Waals surface area contributed by atoms with E-state index in [-0.39, 0.29) is 6.04 Å². The third-order valence-electron chi connectivity index (χ3n) is 3.39. The van der Waals surface area contributed by atoms with Gasteiger partial charge in [-0.05, 0) is 36.4 Å². The van der Waals surface area contributed by atoms with Crippen molar-refractivity contribution in [3.8, 4) is 0 Å². The number of hydrogen-bond donors (Lipinski definition) is 1. The van der Waals surface area contributed by atoms with Gasteiger partial charge in [0.15, 0.2) is 0 Å². The number of ether oxygens (including phenoxy) is 1. The van der Waals surface area contributed by atoms with Gasteiger partial charge in [-0.1, -0.05) is 19.1 Å². The van der Waals surface area contributed by atoms with Crippen molar-refractivity contribution in [2.45, 2.75) is 19.4 Å². The zero-order chi connectivity index (χ0) is 13.1. The second-order valence-electron chi connectivity index (χ2n) is 4.69. The molecule has 3 heteroatoms. The van der Waals surface area contributed by atoms with E-state index in [1.54, 1.807) is 0 Å². The summed E-state index contributed by atoms with van der Waals surface area (Å²) in [4.78, 5) is 4.36. The third-order valence-corrected chi connectivity index (χ3v) is 3.39. The average Bonchev–Trinajstić information content (AvgIpc) is 2.98. The lowest BCUT2D eigenvalue weighted by atomic mass is 10.0. The number of nitrogens with zero attached hydrogens (tertiary/aromatic N) is 1. The molecule has 1 N–H and O–H groups in total. The first-order chi connectivity index (χ1) is 9.38. The summed E-state index contributed by atoms with van der Waals surface area (Å²) in [5, 5.41) is 4.66. The van der Waals surface area contributed by atoms with E-state index in [4.69, 9.17) is 4.74 Å². The molecule has 0 saturated heterocycles. The van der Waals surface area contributed by atoms with Crippen LogP contribution in [0.1, 0.15) is 24.9 Å². The third kappa shape index (κ3) is 2.47. The van der Waals surface area contributed by atoms with Crippen LogP contribution in [0.3, 0.4) is 0 Å². The molecule has 3 rings (SSSR count). The SMILES string of the molecule is CCNC(C1=CCCO1)c1ccc2ncccc2c1. The van der Waals surface area contributed by atoms with Crippen molar-refractivity contribution < 1.29 is 4.74 Å². The molecule has 19 heavy (non-hydrogen) atoms. The highest BCUT2D eigenvalue weighted by atomic mass is 16.5. The maximum Gasteiger partial charge on any atom is 0.114 e. The highest BCUT2D eigenvalue weighted by Crippen LogP contribution is 2.28. The molecule has 1 aromatic carbocycles. The smallest absolute Gasteiger partial charge is 0.114 e. The van der Waals surface area contributed by atoms with Crippen LogP contribution in [0.25, 0.3) is 10.9 Å². The predicted octanol–water partition coefficient (Wildman–Crippen LogP) is 3.19. The number of rotatable bonds is 4. The molecule has 0 fully saturated rings. The summed E-state index contributed by atoms with van der Waals surface area (Å²) in [7, 11) is 0. The predicted molar refractivity (Wildman–Crippen MR) is 76.8 cm³/mol. The largest absolute Gasteiger partial charge is 0.496 e. The molecule has 0 spiro atoms. The van der Waals surface area contributed by atoms with Gasteiger partial charge in [-0.15, -0.1) is 0 Å². The highest BCUT2D eigenvalue weighted by Gasteiger charge is 2.20. The van der Waals surface area contributed by atoms with E-state index >= 15 is 0 Å². The fourth-order valence-electron chi connectivity index (χ4n) is 2.50. The van der Waals surface area contributed by atoms with E-state index < -0.39 is 0 Å². The quantitative estimate of drug-likeness (QED) is 0.909. The van der Waals surface area contributed by atoms with E-state index in [0.717, 1.165) is 30.8 Å². The van der Waals surface area contributed by atoms with E-state index in [2.05, 4.69) is 47.6 Å². The fraction of sp³-hybridized carbons (Fsp3) is 0.312. The molecule has 1 aliphatic heterocycles. The molecule has 1 atom stereocenters. The molecular formula is C16H18N2O. The maximum absolute atomic E-state index is 5.72. The van der Waals surface area contributed by atoms with Gasteiger partial charge in [-0.3, -0.25) is 4.98 Å². The Balaban J connectivity index is 1.99. The van der Waals surface area contributed by atoms with E-state index in [0.29, 0.717) is 0 Å². The zero-order valence-corrected chi connectivity index (χ0v) is 11.1. The Morgan fingerprint density at radius 2 is 2.32 bits per heavy atom. The minimum absolute atomic E-state index is 0.150. The van der Waals surface area contributed by atoms with Crippen molar-refractivity contribution in [3.63, 3.8) is 0 Å². The van der Waals surface area contributed by atoms with Gasteiger partial charge in [-0.2, -0.15) is 0 Å². The number of aromatic nitrogens is 1. The topological polar surface area (TPSA) is 34.1 Å². The summed E-state index contributed by atoms with van der Waals surface area (Å²) in [6, 6.07) is 10.6. The Morgan fingerprint density at radius 3 is 3.11 bits per heavy atom. The second-order valence-corrected chi connectivity index (χ2v) is 4.69. The first kappa shape index (κ1) is 12.2. The average molecular weight is 254 g/mol. The van der Waals surface area contributed by atoms with Gasteiger partial charge < -0.3 is 10.1 Å². The highest BCUT2D eigenvalue weighted by molar-refractivity contribution is 5.79. The summed E-state index contributed by atoms with van der Waals surface area (Å²) < 4.78 is 5.72. The molecule has 0 aliphatic carbocycles. The van der Waals surface area contributed by atoms with Crippen molar-refractivity contribution >= 4 is 10.9 Å². The molecule has 3 nitrogen and oxygen atoms in total. The van der Waals surface area contributed by atoms with E-state index in [1.165, 1.54) is 10.9 Å². The van der Waals surface area contributed by atoms with Gasteiger partial charge in [0.05, 0.1) is 18.2 Å². The Labute approximate surface area is 113 Å². The van der Waals surface area contributed by atoms with Gasteiger partial charge in [0.25, 0.3) is 0 Å². The van der Waals surface area contributed by atoms with Gasteiger partial charge in [0, 0.05) is 18.0 Å². The lowest BCUT2D eigenvalue weighted by Gasteiger charge is -2.19. The minimum atomic E-state index is 0.150. The summed E-state index contributed by atoms with van der Waals surface area (Å²) in [5.41, 5.74) is 2.26. The second kappa shape index (κ2) is 5.41. The summed E-state index contributed by atoms with van der Waals surface area (Å²) in [6.07, 6.45) is 5.01. The van der Waals surface area contributed by atoms with E-state index in [1.807, 2.05) is 12.3 Å². The molecule has 0 radical (unpaired) electrons. The Hall–Kier alpha value is -1.87. The number of hydrogen-bond acceptors (Lipinski definition) is 3. The van der Waals surface area contributed by atoms with Crippen molar-refractivity contribution in [1.29, 1.82) is 0 Å². The monoisotopic (exact) mass is 254 g/mol. The van der Waals surface area contributed by atoms with Crippen LogP contribution < -0.4 is 5.32 Å². The molecule has 2 aromatic rings. The van der Waals surface area contributed by atoms with Crippen LogP contribution in [0.15, 0.2) is 48.4 Å². The molecule has 2 heterocycles. The van der Waals surface area contributed by atoms with Gasteiger partial charge in [0.1, 0.15) is 5.76 Å². The van der Waals surface area contributed by atoms with Crippen LogP contribution in [-0.2, 0) is 4.74 Å². The van der Waals surface area contributed by atoms with Crippen molar-refractivity contribution in [1.82, 2.24) is 10.3 Å². The molecule has 1 unspecified atom stereocenters. The zero-order valence-electron chi connectivity index (χ0n) is 11.1. The summed E-state index contributed by atoms with van der Waals surface area (Å²) in [5.74, 6) is 1.05. The Bertz CT molecular complexity index is 606. The molecule has 0 saturated carbocycles. The minimum Gasteiger partial charge on any atom is -0.496 e. The fourth-order valence-corrected chi connectivity index (χ4v) is 2.50. The molecule has 1 aliphatic rings. The Morgan fingerprint density at radius 1 is 1.37 bits per heavy atom. The van der Waals surface area contributed by atoms with E-state index in [9.17, 15) is 0 Å². The van der Waals surface area contributed by atoms with Crippen LogP contribution in [0.2, 0.25) is 0 Å². The summed E-state index contributed by atoms with van der Waals surface area (Å²) >= 11 is 0. The summed E-state index contributed by atoms with van der Waals surface area (Å²) in [6.45, 7) is 3.83. The first-order valence-electron chi connectivity index (χ1n) is 6.79. The standard InChI is InChI=1S/C16H18N2O/c1-2-17-16(15-6-4-10-19-15)13-7-8-14-12(11-13)5-3-9-18-14/h3,5-9,11,16-17H,2,4,10H2,1H3. The van der Waals surface area contributed by atoms with Gasteiger partial charge in [0.2, 0.25) is 0 Å². The molecule has 1 aromatic heterocycles. The number of fused-ring (bicyclic) bond motifs is 1. The van der Waals surface area contributed by atoms with Crippen LogP contribution in [0.4, 0.5) is 0 Å². The number of nitrogens with one attached hydrogen (secondary N) is 1. The van der Waals surface area contributed by atoms with Crippen molar-refractivity contribution in [2.75, 3.05) is 13.2 Å². The number of benzene rings is 1. The molecule has 0 bridgehead atoms. The van der Waals surface area contributed by atoms with Crippen LogP contribution in [0.5, 0.6) is 0 Å². The van der Waals surface area contributed by atoms with Gasteiger partial charge in [-0.25, -0.2) is 0 Å². The van der Waals surface area contributed by atoms with Crippen LogP contribution >= 0.6 is 0 Å². The van der Waals surface area contributed by atoms with Crippen LogP contribution in [-0.4, -0.2) is 18.1 Å². The molecular weight excluding hydrogens is 236 g/mol. The maximum atomic E-state index is 5.72. The normalized spacial score (nSPS) is 16.2. The Kier molecular flexibility index (Phi) is 3.47. The lowest BCUT2D eigenvalue weighted by Crippen LogP contribution is -2.23. The lowest BCUT2D eigenvalue weighted by molar-refractivity contribution is 0.216. The van der Waals surface area contributed by atoms with Crippen molar-refractivity contribution in [3.05, 3.63) is 53.9 Å². The van der Waals surface area contributed by atoms with Crippen molar-refractivity contribution in [2.24, 2.45) is 0 Å².